The van der Waals surface area contributed by atoms with E-state index in [1.165, 1.54) is 12.5 Å². The van der Waals surface area contributed by atoms with Crippen molar-refractivity contribution in [1.82, 2.24) is 4.90 Å². The van der Waals surface area contributed by atoms with E-state index in [-0.39, 0.29) is 5.91 Å². The third-order valence-corrected chi connectivity index (χ3v) is 2.62. The highest BCUT2D eigenvalue weighted by molar-refractivity contribution is 5.93. The molecule has 2 aromatic rings. The number of nitrogens with zero attached hydrogens (tertiary/aromatic N) is 1. The lowest BCUT2D eigenvalue weighted by Crippen LogP contribution is -2.30. The molecular formula is C15H15NO2. The lowest BCUT2D eigenvalue weighted by atomic mass is 10.2. The van der Waals surface area contributed by atoms with Gasteiger partial charge >= 0.3 is 0 Å². The van der Waals surface area contributed by atoms with E-state index in [0.29, 0.717) is 18.7 Å². The van der Waals surface area contributed by atoms with Gasteiger partial charge in [0, 0.05) is 13.1 Å². The molecule has 3 heteroatoms. The molecular weight excluding hydrogens is 226 g/mol. The van der Waals surface area contributed by atoms with Crippen LogP contribution in [0.2, 0.25) is 0 Å². The van der Waals surface area contributed by atoms with Crippen molar-refractivity contribution in [3.63, 3.8) is 0 Å². The van der Waals surface area contributed by atoms with Crippen molar-refractivity contribution in [3.8, 4) is 0 Å². The summed E-state index contributed by atoms with van der Waals surface area (Å²) >= 11 is 0. The molecule has 0 N–H and O–H groups in total. The van der Waals surface area contributed by atoms with Gasteiger partial charge in [0.15, 0.2) is 0 Å². The minimum atomic E-state index is -0.0486. The molecule has 3 nitrogen and oxygen atoms in total. The predicted octanol–water partition coefficient (Wildman–Crippen LogP) is 3.11. The van der Waals surface area contributed by atoms with Gasteiger partial charge in [-0.2, -0.15) is 0 Å². The highest BCUT2D eigenvalue weighted by atomic mass is 16.3. The van der Waals surface area contributed by atoms with Crippen LogP contribution < -0.4 is 0 Å². The molecule has 0 aliphatic carbocycles. The molecule has 0 saturated carbocycles. The summed E-state index contributed by atoms with van der Waals surface area (Å²) in [6.45, 7) is 4.77. The molecule has 92 valence electrons. The Bertz CT molecular complexity index is 503. The second kappa shape index (κ2) is 5.87. The van der Waals surface area contributed by atoms with Crippen molar-refractivity contribution in [3.05, 3.63) is 72.7 Å². The minimum Gasteiger partial charge on any atom is -0.472 e. The molecule has 0 radical (unpaired) electrons. The van der Waals surface area contributed by atoms with Crippen molar-refractivity contribution in [2.75, 3.05) is 6.54 Å². The van der Waals surface area contributed by atoms with Crippen LogP contribution in [-0.2, 0) is 6.54 Å². The number of hydrogen-bond acceptors (Lipinski definition) is 2. The van der Waals surface area contributed by atoms with Crippen molar-refractivity contribution >= 4 is 5.91 Å². The first-order chi connectivity index (χ1) is 8.81. The third kappa shape index (κ3) is 2.88. The Morgan fingerprint density at radius 2 is 2.06 bits per heavy atom. The summed E-state index contributed by atoms with van der Waals surface area (Å²) in [6, 6.07) is 11.5. The smallest absolute Gasteiger partial charge is 0.257 e. The second-order valence-electron chi connectivity index (χ2n) is 3.97. The van der Waals surface area contributed by atoms with Gasteiger partial charge in [0.1, 0.15) is 6.26 Å². The topological polar surface area (TPSA) is 33.5 Å². The molecule has 2 rings (SSSR count). The first kappa shape index (κ1) is 12.2. The van der Waals surface area contributed by atoms with Gasteiger partial charge < -0.3 is 9.32 Å². The van der Waals surface area contributed by atoms with Crippen LogP contribution in [0.25, 0.3) is 0 Å². The van der Waals surface area contributed by atoms with Crippen LogP contribution in [0.5, 0.6) is 0 Å². The zero-order chi connectivity index (χ0) is 12.8. The Kier molecular flexibility index (Phi) is 3.97. The minimum absolute atomic E-state index is 0.0486. The molecule has 0 unspecified atom stereocenters. The molecule has 0 fully saturated rings. The lowest BCUT2D eigenvalue weighted by molar-refractivity contribution is 0.0762. The van der Waals surface area contributed by atoms with Gasteiger partial charge in [-0.3, -0.25) is 4.79 Å². The quantitative estimate of drug-likeness (QED) is 0.754. The van der Waals surface area contributed by atoms with Gasteiger partial charge in [0.2, 0.25) is 0 Å². The van der Waals surface area contributed by atoms with E-state index in [0.717, 1.165) is 5.56 Å². The fourth-order valence-electron chi connectivity index (χ4n) is 1.75. The number of carbonyl (C=O) groups is 1. The van der Waals surface area contributed by atoms with Gasteiger partial charge in [0.05, 0.1) is 11.8 Å². The lowest BCUT2D eigenvalue weighted by Gasteiger charge is -2.20. The molecule has 18 heavy (non-hydrogen) atoms. The predicted molar refractivity (Wildman–Crippen MR) is 70.1 cm³/mol. The van der Waals surface area contributed by atoms with E-state index >= 15 is 0 Å². The zero-order valence-electron chi connectivity index (χ0n) is 10.1. The zero-order valence-corrected chi connectivity index (χ0v) is 10.1. The molecule has 1 amide bonds. The second-order valence-corrected chi connectivity index (χ2v) is 3.97. The monoisotopic (exact) mass is 241 g/mol. The Balaban J connectivity index is 2.13. The first-order valence-corrected chi connectivity index (χ1v) is 5.77. The van der Waals surface area contributed by atoms with Crippen LogP contribution in [0.15, 0.2) is 66.0 Å². The number of amides is 1. The van der Waals surface area contributed by atoms with E-state index in [1.54, 1.807) is 17.0 Å². The molecule has 0 aliphatic rings. The first-order valence-electron chi connectivity index (χ1n) is 5.77. The normalized spacial score (nSPS) is 10.0. The van der Waals surface area contributed by atoms with Gasteiger partial charge in [-0.15, -0.1) is 6.58 Å². The Hall–Kier alpha value is -2.29. The van der Waals surface area contributed by atoms with Crippen molar-refractivity contribution in [1.29, 1.82) is 0 Å². The van der Waals surface area contributed by atoms with Crippen LogP contribution in [-0.4, -0.2) is 17.4 Å². The Morgan fingerprint density at radius 3 is 2.67 bits per heavy atom. The van der Waals surface area contributed by atoms with E-state index in [1.807, 2.05) is 30.3 Å². The number of hydrogen-bond donors (Lipinski definition) is 0. The molecule has 0 bridgehead atoms. The van der Waals surface area contributed by atoms with E-state index in [4.69, 9.17) is 4.42 Å². The molecule has 1 aromatic carbocycles. The number of rotatable bonds is 5. The van der Waals surface area contributed by atoms with Crippen LogP contribution in [0.1, 0.15) is 15.9 Å². The van der Waals surface area contributed by atoms with Crippen LogP contribution in [0, 0.1) is 0 Å². The highest BCUT2D eigenvalue weighted by Gasteiger charge is 2.15. The van der Waals surface area contributed by atoms with E-state index in [9.17, 15) is 4.79 Å². The van der Waals surface area contributed by atoms with Gasteiger partial charge in [0.25, 0.3) is 5.91 Å². The Morgan fingerprint density at radius 1 is 1.28 bits per heavy atom. The van der Waals surface area contributed by atoms with Crippen molar-refractivity contribution in [2.24, 2.45) is 0 Å². The largest absolute Gasteiger partial charge is 0.472 e. The van der Waals surface area contributed by atoms with Gasteiger partial charge in [-0.25, -0.2) is 0 Å². The molecule has 1 heterocycles. The standard InChI is InChI=1S/C15H15NO2/c1-2-9-16(11-13-6-4-3-5-7-13)15(17)14-8-10-18-12-14/h2-8,10,12H,1,9,11H2. The summed E-state index contributed by atoms with van der Waals surface area (Å²) in [7, 11) is 0. The maximum atomic E-state index is 12.2. The molecule has 0 saturated heterocycles. The molecule has 0 aliphatic heterocycles. The van der Waals surface area contributed by atoms with Crippen molar-refractivity contribution in [2.45, 2.75) is 6.54 Å². The number of benzene rings is 1. The SMILES string of the molecule is C=CCN(Cc1ccccc1)C(=O)c1ccoc1. The van der Waals surface area contributed by atoms with Gasteiger partial charge in [-0.1, -0.05) is 36.4 Å². The van der Waals surface area contributed by atoms with E-state index in [2.05, 4.69) is 6.58 Å². The van der Waals surface area contributed by atoms with Crippen LogP contribution in [0.3, 0.4) is 0 Å². The fourth-order valence-corrected chi connectivity index (χ4v) is 1.75. The molecule has 1 aromatic heterocycles. The van der Waals surface area contributed by atoms with E-state index < -0.39 is 0 Å². The summed E-state index contributed by atoms with van der Waals surface area (Å²) in [5.74, 6) is -0.0486. The maximum Gasteiger partial charge on any atom is 0.257 e. The third-order valence-electron chi connectivity index (χ3n) is 2.62. The van der Waals surface area contributed by atoms with Crippen LogP contribution >= 0.6 is 0 Å². The average molecular weight is 241 g/mol. The van der Waals surface area contributed by atoms with Gasteiger partial charge in [-0.05, 0) is 11.6 Å². The van der Waals surface area contributed by atoms with Crippen molar-refractivity contribution < 1.29 is 9.21 Å². The van der Waals surface area contributed by atoms with Crippen LogP contribution in [0.4, 0.5) is 0 Å². The summed E-state index contributed by atoms with van der Waals surface area (Å²) in [5.41, 5.74) is 1.66. The number of furan rings is 1. The average Bonchev–Trinajstić information content (AvgIpc) is 2.92. The number of carbonyl (C=O) groups excluding carboxylic acids is 1. The fraction of sp³-hybridized carbons (Fsp3) is 0.133. The summed E-state index contributed by atoms with van der Waals surface area (Å²) in [6.07, 6.45) is 4.69. The summed E-state index contributed by atoms with van der Waals surface area (Å²) in [5, 5.41) is 0. The summed E-state index contributed by atoms with van der Waals surface area (Å²) in [4.78, 5) is 13.9. The summed E-state index contributed by atoms with van der Waals surface area (Å²) < 4.78 is 4.94. The Labute approximate surface area is 106 Å². The molecule has 0 atom stereocenters. The highest BCUT2D eigenvalue weighted by Crippen LogP contribution is 2.10. The maximum absolute atomic E-state index is 12.2. The molecule has 0 spiro atoms.